The third kappa shape index (κ3) is 5.19. The number of carbonyl (C=O) groups excluding carboxylic acids is 1. The zero-order valence-corrected chi connectivity index (χ0v) is 25.1. The van der Waals surface area contributed by atoms with Crippen molar-refractivity contribution in [2.24, 2.45) is 0 Å². The maximum absolute atomic E-state index is 14.3. The molecule has 0 bridgehead atoms. The van der Waals surface area contributed by atoms with Crippen molar-refractivity contribution in [2.75, 3.05) is 18.1 Å². The molecule has 0 unspecified atom stereocenters. The molecule has 0 saturated carbocycles. The molecule has 0 spiro atoms. The monoisotopic (exact) mass is 616 g/mol. The minimum absolute atomic E-state index is 0. The van der Waals surface area contributed by atoms with Gasteiger partial charge in [-0.05, 0) is 80.3 Å². The van der Waals surface area contributed by atoms with E-state index in [1.165, 1.54) is 0 Å². The van der Waals surface area contributed by atoms with E-state index >= 15 is 0 Å². The van der Waals surface area contributed by atoms with Gasteiger partial charge in [-0.3, -0.25) is 9.89 Å². The van der Waals surface area contributed by atoms with Crippen LogP contribution >= 0.6 is 47.2 Å². The third-order valence-electron chi connectivity index (χ3n) is 7.29. The van der Waals surface area contributed by atoms with Crippen LogP contribution in [0.15, 0.2) is 60.7 Å². The van der Waals surface area contributed by atoms with Crippen molar-refractivity contribution >= 4 is 58.8 Å². The van der Waals surface area contributed by atoms with Crippen LogP contribution in [-0.2, 0) is 5.60 Å². The molecule has 1 N–H and O–H groups in total. The number of carbonyl (C=O) groups is 1. The van der Waals surface area contributed by atoms with Gasteiger partial charge in [-0.25, -0.2) is 10.0 Å². The Labute approximate surface area is 254 Å². The molecule has 6 rings (SSSR count). The normalized spacial score (nSPS) is 15.8. The smallest absolute Gasteiger partial charge is 0.291 e. The number of rotatable bonds is 4. The van der Waals surface area contributed by atoms with Gasteiger partial charge in [0, 0.05) is 28.7 Å². The molecule has 1 aromatic heterocycles. The Balaban J connectivity index is 0.00000323. The summed E-state index contributed by atoms with van der Waals surface area (Å²) in [6.07, 6.45) is 3.11. The first-order chi connectivity index (χ1) is 18.7. The quantitative estimate of drug-likeness (QED) is 0.248. The molecule has 0 aliphatic carbocycles. The van der Waals surface area contributed by atoms with Crippen LogP contribution in [0.3, 0.4) is 0 Å². The first-order valence-electron chi connectivity index (χ1n) is 13.0. The number of nitrogens with one attached hydrogen (secondary N) is 1. The molecule has 2 aliphatic rings. The predicted molar refractivity (Wildman–Crippen MR) is 164 cm³/mol. The van der Waals surface area contributed by atoms with Gasteiger partial charge in [-0.1, -0.05) is 59.4 Å². The van der Waals surface area contributed by atoms with E-state index in [0.29, 0.717) is 43.5 Å². The highest BCUT2D eigenvalue weighted by Gasteiger charge is 2.41. The van der Waals surface area contributed by atoms with Gasteiger partial charge in [-0.15, -0.1) is 12.4 Å². The maximum atomic E-state index is 14.3. The lowest BCUT2D eigenvalue weighted by Crippen LogP contribution is -2.50. The van der Waals surface area contributed by atoms with Crippen LogP contribution in [0.25, 0.3) is 22.4 Å². The zero-order valence-electron chi connectivity index (χ0n) is 22.0. The fraction of sp³-hybridized carbons (Fsp3) is 0.267. The van der Waals surface area contributed by atoms with E-state index in [-0.39, 0.29) is 18.3 Å². The molecule has 0 atom stereocenters. The van der Waals surface area contributed by atoms with Crippen LogP contribution in [-0.4, -0.2) is 34.2 Å². The molecule has 3 heterocycles. The van der Waals surface area contributed by atoms with E-state index in [9.17, 15) is 4.79 Å². The summed E-state index contributed by atoms with van der Waals surface area (Å²) in [5.41, 5.74) is 4.33. The molecular formula is C30H28Cl4N4O2. The summed E-state index contributed by atoms with van der Waals surface area (Å²) in [5.74, 6) is 0.453. The van der Waals surface area contributed by atoms with Gasteiger partial charge >= 0.3 is 0 Å². The number of ether oxygens (including phenoxy) is 1. The first-order valence-corrected chi connectivity index (χ1v) is 14.1. The maximum Gasteiger partial charge on any atom is 0.291 e. The number of H-pyrrole nitrogens is 1. The van der Waals surface area contributed by atoms with E-state index in [1.807, 2.05) is 56.3 Å². The number of piperidine rings is 1. The molecule has 10 heteroatoms. The van der Waals surface area contributed by atoms with Crippen LogP contribution < -0.4 is 9.75 Å². The van der Waals surface area contributed by atoms with Gasteiger partial charge in [-0.2, -0.15) is 5.10 Å². The Kier molecular flexibility index (Phi) is 8.10. The fourth-order valence-electron chi connectivity index (χ4n) is 5.48. The summed E-state index contributed by atoms with van der Waals surface area (Å²) < 4.78 is 6.54. The lowest BCUT2D eigenvalue weighted by atomic mass is 9.88. The third-order valence-corrected chi connectivity index (χ3v) is 8.06. The number of nitrogens with zero attached hydrogens (tertiary/aromatic N) is 3. The predicted octanol–water partition coefficient (Wildman–Crippen LogP) is 8.80. The minimum atomic E-state index is -0.829. The molecule has 0 radical (unpaired) electrons. The second-order valence-corrected chi connectivity index (χ2v) is 11.7. The van der Waals surface area contributed by atoms with Crippen molar-refractivity contribution in [1.29, 1.82) is 0 Å². The topological polar surface area (TPSA) is 61.5 Å². The summed E-state index contributed by atoms with van der Waals surface area (Å²) in [5, 5.41) is 13.0. The molecule has 6 nitrogen and oxygen atoms in total. The summed E-state index contributed by atoms with van der Waals surface area (Å²) in [6, 6.07) is 18.9. The largest absolute Gasteiger partial charge is 0.482 e. The summed E-state index contributed by atoms with van der Waals surface area (Å²) >= 11 is 19.0. The molecule has 1 amide bonds. The van der Waals surface area contributed by atoms with Crippen LogP contribution in [0.2, 0.25) is 15.1 Å². The van der Waals surface area contributed by atoms with Crippen molar-refractivity contribution in [1.82, 2.24) is 15.2 Å². The Morgan fingerprint density at radius 3 is 2.40 bits per heavy atom. The number of halogens is 4. The van der Waals surface area contributed by atoms with Gasteiger partial charge in [0.1, 0.15) is 22.7 Å². The van der Waals surface area contributed by atoms with Crippen molar-refractivity contribution < 1.29 is 9.53 Å². The van der Waals surface area contributed by atoms with Crippen molar-refractivity contribution in [3.05, 3.63) is 87.0 Å². The van der Waals surface area contributed by atoms with E-state index in [0.717, 1.165) is 49.0 Å². The number of fused-ring (bicyclic) bond motifs is 3. The minimum Gasteiger partial charge on any atom is -0.482 e. The molecule has 40 heavy (non-hydrogen) atoms. The molecule has 1 saturated heterocycles. The summed E-state index contributed by atoms with van der Waals surface area (Å²) in [6.45, 7) is 5.40. The molecule has 2 aliphatic heterocycles. The van der Waals surface area contributed by atoms with Gasteiger partial charge in [0.05, 0.1) is 16.3 Å². The van der Waals surface area contributed by atoms with E-state index in [2.05, 4.69) is 15.2 Å². The van der Waals surface area contributed by atoms with Crippen LogP contribution in [0.1, 0.15) is 49.2 Å². The SMILES string of the molecule is CC1(C)Oc2cc(-c3cccc(Cl)c3)ccc2-c2n[nH]c(C(=O)N(c3ccc(Cl)cc3Cl)N3CCCCC3)c21.Cl. The summed E-state index contributed by atoms with van der Waals surface area (Å²) in [4.78, 5) is 14.3. The standard InChI is InChI=1S/C30H27Cl3N4O2.ClH/c1-30(2)26-27(22-11-9-19(16-25(22)39-30)18-7-6-8-20(31)15-18)34-35-28(26)29(38)37(36-13-4-3-5-14-36)24-12-10-21(32)17-23(24)33;/h6-12,15-17H,3-5,13-14H2,1-2H3,(H,34,35);1H. The Hall–Kier alpha value is -2.74. The van der Waals surface area contributed by atoms with Gasteiger partial charge in [0.25, 0.3) is 5.91 Å². The van der Waals surface area contributed by atoms with Gasteiger partial charge in [0.15, 0.2) is 0 Å². The summed E-state index contributed by atoms with van der Waals surface area (Å²) in [7, 11) is 0. The van der Waals surface area contributed by atoms with E-state index < -0.39 is 5.60 Å². The van der Waals surface area contributed by atoms with Gasteiger partial charge < -0.3 is 4.74 Å². The number of aromatic nitrogens is 2. The van der Waals surface area contributed by atoms with Crippen LogP contribution in [0.4, 0.5) is 5.69 Å². The molecule has 3 aromatic carbocycles. The van der Waals surface area contributed by atoms with Crippen LogP contribution in [0.5, 0.6) is 5.75 Å². The molecule has 1 fully saturated rings. The highest BCUT2D eigenvalue weighted by Crippen LogP contribution is 2.47. The number of aromatic amines is 1. The number of hydrogen-bond acceptors (Lipinski definition) is 4. The van der Waals surface area contributed by atoms with Crippen molar-refractivity contribution in [3.8, 4) is 28.1 Å². The average molecular weight is 618 g/mol. The number of anilines is 1. The van der Waals surface area contributed by atoms with Crippen molar-refractivity contribution in [3.63, 3.8) is 0 Å². The van der Waals surface area contributed by atoms with E-state index in [1.54, 1.807) is 23.2 Å². The second-order valence-electron chi connectivity index (χ2n) is 10.4. The first kappa shape index (κ1) is 28.8. The Morgan fingerprint density at radius 1 is 0.950 bits per heavy atom. The Bertz CT molecular complexity index is 1580. The second kappa shape index (κ2) is 11.3. The number of hydrazine groups is 1. The molecule has 4 aromatic rings. The Morgan fingerprint density at radius 2 is 1.68 bits per heavy atom. The lowest BCUT2D eigenvalue weighted by molar-refractivity contribution is 0.0833. The number of benzene rings is 3. The van der Waals surface area contributed by atoms with Crippen LogP contribution in [0, 0.1) is 0 Å². The molecule has 208 valence electrons. The number of hydrogen-bond donors (Lipinski definition) is 1. The number of amides is 1. The van der Waals surface area contributed by atoms with E-state index in [4.69, 9.17) is 39.5 Å². The molecular weight excluding hydrogens is 590 g/mol. The lowest BCUT2D eigenvalue weighted by Gasteiger charge is -2.38. The highest BCUT2D eigenvalue weighted by molar-refractivity contribution is 6.37. The fourth-order valence-corrected chi connectivity index (χ4v) is 6.16. The zero-order chi connectivity index (χ0) is 27.3. The van der Waals surface area contributed by atoms with Crippen molar-refractivity contribution in [2.45, 2.75) is 38.7 Å². The average Bonchev–Trinajstić information content (AvgIpc) is 3.37. The highest BCUT2D eigenvalue weighted by atomic mass is 35.5. The van der Waals surface area contributed by atoms with Gasteiger partial charge in [0.2, 0.25) is 0 Å².